The van der Waals surface area contributed by atoms with Crippen molar-refractivity contribution in [1.29, 1.82) is 0 Å². The molecule has 5 nitrogen and oxygen atoms in total. The summed E-state index contributed by atoms with van der Waals surface area (Å²) in [4.78, 5) is 11.0. The number of para-hydroxylation sites is 1. The summed E-state index contributed by atoms with van der Waals surface area (Å²) in [6.45, 7) is 5.45. The van der Waals surface area contributed by atoms with Crippen LogP contribution in [0.15, 0.2) is 53.4 Å². The second kappa shape index (κ2) is 7.49. The third-order valence-corrected chi connectivity index (χ3v) is 4.97. The van der Waals surface area contributed by atoms with E-state index in [2.05, 4.69) is 5.32 Å². The lowest BCUT2D eigenvalue weighted by Crippen LogP contribution is -2.12. The first-order chi connectivity index (χ1) is 11.3. The molecule has 0 bridgehead atoms. The number of anilines is 1. The van der Waals surface area contributed by atoms with Crippen molar-refractivity contribution in [2.45, 2.75) is 38.0 Å². The van der Waals surface area contributed by atoms with Crippen LogP contribution in [-0.4, -0.2) is 14.3 Å². The molecule has 2 rings (SSSR count). The molecular weight excluding hydrogens is 326 g/mol. The molecule has 2 aromatic rings. The van der Waals surface area contributed by atoms with Gasteiger partial charge in [0.2, 0.25) is 5.91 Å². The Kier molecular flexibility index (Phi) is 5.62. The molecule has 0 aromatic heterocycles. The maximum Gasteiger partial charge on any atom is 0.339 e. The Hall–Kier alpha value is -2.34. The molecule has 0 aliphatic heterocycles. The molecule has 0 radical (unpaired) electrons. The van der Waals surface area contributed by atoms with Crippen LogP contribution in [-0.2, 0) is 14.9 Å². The molecule has 1 unspecified atom stereocenters. The highest BCUT2D eigenvalue weighted by Gasteiger charge is 2.20. The Labute approximate surface area is 142 Å². The van der Waals surface area contributed by atoms with E-state index in [0.717, 1.165) is 12.0 Å². The average Bonchev–Trinajstić information content (AvgIpc) is 2.54. The Bertz CT molecular complexity index is 813. The standard InChI is InChI=1S/C18H21NO4S/c1-4-13(2)17-7-5-6-8-18(17)23-24(21,22)16-11-9-15(10-12-16)19-14(3)20/h5-13H,4H2,1-3H3,(H,19,20). The number of benzene rings is 2. The minimum absolute atomic E-state index is 0.0376. The van der Waals surface area contributed by atoms with E-state index in [4.69, 9.17) is 4.18 Å². The van der Waals surface area contributed by atoms with E-state index in [1.165, 1.54) is 31.2 Å². The highest BCUT2D eigenvalue weighted by molar-refractivity contribution is 7.87. The van der Waals surface area contributed by atoms with Gasteiger partial charge in [0.25, 0.3) is 0 Å². The molecule has 0 aliphatic carbocycles. The third-order valence-electron chi connectivity index (χ3n) is 3.73. The SMILES string of the molecule is CCC(C)c1ccccc1OS(=O)(=O)c1ccc(NC(C)=O)cc1. The molecule has 24 heavy (non-hydrogen) atoms. The Morgan fingerprint density at radius 1 is 1.12 bits per heavy atom. The maximum absolute atomic E-state index is 12.5. The molecule has 1 N–H and O–H groups in total. The molecule has 1 amide bonds. The molecule has 0 fully saturated rings. The summed E-state index contributed by atoms with van der Waals surface area (Å²) in [5.74, 6) is 0.320. The van der Waals surface area contributed by atoms with Gasteiger partial charge in [0, 0.05) is 12.6 Å². The Balaban J connectivity index is 2.27. The van der Waals surface area contributed by atoms with E-state index in [0.29, 0.717) is 11.4 Å². The molecule has 0 saturated carbocycles. The van der Waals surface area contributed by atoms with Crippen LogP contribution in [0.4, 0.5) is 5.69 Å². The van der Waals surface area contributed by atoms with Crippen LogP contribution >= 0.6 is 0 Å². The molecule has 0 saturated heterocycles. The Morgan fingerprint density at radius 2 is 1.75 bits per heavy atom. The van der Waals surface area contributed by atoms with Crippen LogP contribution in [0, 0.1) is 0 Å². The van der Waals surface area contributed by atoms with Gasteiger partial charge in [0.15, 0.2) is 0 Å². The summed E-state index contributed by atoms with van der Waals surface area (Å²) in [6, 6.07) is 13.0. The summed E-state index contributed by atoms with van der Waals surface area (Å²) in [6.07, 6.45) is 0.881. The van der Waals surface area contributed by atoms with Crippen molar-refractivity contribution in [2.75, 3.05) is 5.32 Å². The van der Waals surface area contributed by atoms with Gasteiger partial charge in [-0.25, -0.2) is 0 Å². The molecule has 0 heterocycles. The van der Waals surface area contributed by atoms with Crippen LogP contribution in [0.25, 0.3) is 0 Å². The van der Waals surface area contributed by atoms with Gasteiger partial charge in [0.1, 0.15) is 10.6 Å². The molecule has 128 valence electrons. The second-order valence-electron chi connectivity index (χ2n) is 5.59. The van der Waals surface area contributed by atoms with Crippen molar-refractivity contribution in [3.8, 4) is 5.75 Å². The number of hydrogen-bond acceptors (Lipinski definition) is 4. The molecule has 0 spiro atoms. The predicted molar refractivity (Wildman–Crippen MR) is 93.7 cm³/mol. The van der Waals surface area contributed by atoms with Gasteiger partial charge in [-0.05, 0) is 48.2 Å². The zero-order valence-electron chi connectivity index (χ0n) is 13.9. The van der Waals surface area contributed by atoms with Gasteiger partial charge < -0.3 is 9.50 Å². The van der Waals surface area contributed by atoms with Crippen LogP contribution in [0.1, 0.15) is 38.7 Å². The summed E-state index contributed by atoms with van der Waals surface area (Å²) in [7, 11) is -3.94. The number of carbonyl (C=O) groups excluding carboxylic acids is 1. The van der Waals surface area contributed by atoms with E-state index in [1.54, 1.807) is 12.1 Å². The average molecular weight is 347 g/mol. The molecule has 1 atom stereocenters. The van der Waals surface area contributed by atoms with Gasteiger partial charge in [-0.3, -0.25) is 4.79 Å². The van der Waals surface area contributed by atoms with Crippen LogP contribution in [0.5, 0.6) is 5.75 Å². The quantitative estimate of drug-likeness (QED) is 0.804. The maximum atomic E-state index is 12.5. The zero-order valence-corrected chi connectivity index (χ0v) is 14.8. The fourth-order valence-corrected chi connectivity index (χ4v) is 3.21. The molecule has 6 heteroatoms. The summed E-state index contributed by atoms with van der Waals surface area (Å²) in [5, 5.41) is 2.59. The first-order valence-electron chi connectivity index (χ1n) is 7.74. The summed E-state index contributed by atoms with van der Waals surface area (Å²) < 4.78 is 30.3. The van der Waals surface area contributed by atoms with Gasteiger partial charge in [-0.2, -0.15) is 8.42 Å². The summed E-state index contributed by atoms with van der Waals surface area (Å²) in [5.41, 5.74) is 1.39. The van der Waals surface area contributed by atoms with E-state index in [9.17, 15) is 13.2 Å². The fourth-order valence-electron chi connectivity index (χ4n) is 2.26. The van der Waals surface area contributed by atoms with Crippen LogP contribution in [0.2, 0.25) is 0 Å². The van der Waals surface area contributed by atoms with Crippen molar-refractivity contribution >= 4 is 21.7 Å². The number of carbonyl (C=O) groups is 1. The normalized spacial score (nSPS) is 12.5. The molecular formula is C18H21NO4S. The van der Waals surface area contributed by atoms with Gasteiger partial charge >= 0.3 is 10.1 Å². The van der Waals surface area contributed by atoms with E-state index in [-0.39, 0.29) is 16.7 Å². The van der Waals surface area contributed by atoms with E-state index in [1.807, 2.05) is 26.0 Å². The highest BCUT2D eigenvalue weighted by atomic mass is 32.2. The predicted octanol–water partition coefficient (Wildman–Crippen LogP) is 3.93. The van der Waals surface area contributed by atoms with E-state index < -0.39 is 10.1 Å². The number of amides is 1. The first kappa shape index (κ1) is 18.0. The van der Waals surface area contributed by atoms with Crippen molar-refractivity contribution in [1.82, 2.24) is 0 Å². The molecule has 0 aliphatic rings. The number of rotatable bonds is 6. The second-order valence-corrected chi connectivity index (χ2v) is 7.14. The minimum atomic E-state index is -3.94. The number of hydrogen-bond donors (Lipinski definition) is 1. The third kappa shape index (κ3) is 4.35. The Morgan fingerprint density at radius 3 is 2.33 bits per heavy atom. The van der Waals surface area contributed by atoms with E-state index >= 15 is 0 Å². The lowest BCUT2D eigenvalue weighted by molar-refractivity contribution is -0.114. The minimum Gasteiger partial charge on any atom is -0.379 e. The fraction of sp³-hybridized carbons (Fsp3) is 0.278. The topological polar surface area (TPSA) is 72.5 Å². The highest BCUT2D eigenvalue weighted by Crippen LogP contribution is 2.30. The monoisotopic (exact) mass is 347 g/mol. The number of nitrogens with one attached hydrogen (secondary N) is 1. The largest absolute Gasteiger partial charge is 0.379 e. The smallest absolute Gasteiger partial charge is 0.339 e. The van der Waals surface area contributed by atoms with Crippen molar-refractivity contribution in [3.63, 3.8) is 0 Å². The van der Waals surface area contributed by atoms with Gasteiger partial charge in [-0.1, -0.05) is 32.0 Å². The lowest BCUT2D eigenvalue weighted by atomic mass is 9.98. The van der Waals surface area contributed by atoms with Crippen LogP contribution in [0.3, 0.4) is 0 Å². The van der Waals surface area contributed by atoms with Crippen molar-refractivity contribution in [3.05, 3.63) is 54.1 Å². The van der Waals surface area contributed by atoms with Crippen molar-refractivity contribution in [2.24, 2.45) is 0 Å². The molecule has 2 aromatic carbocycles. The van der Waals surface area contributed by atoms with Gasteiger partial charge in [-0.15, -0.1) is 0 Å². The van der Waals surface area contributed by atoms with Crippen molar-refractivity contribution < 1.29 is 17.4 Å². The van der Waals surface area contributed by atoms with Gasteiger partial charge in [0.05, 0.1) is 0 Å². The zero-order chi connectivity index (χ0) is 17.7. The lowest BCUT2D eigenvalue weighted by Gasteiger charge is -2.15. The summed E-state index contributed by atoms with van der Waals surface area (Å²) >= 11 is 0. The first-order valence-corrected chi connectivity index (χ1v) is 9.15. The van der Waals surface area contributed by atoms with Crippen LogP contribution < -0.4 is 9.50 Å².